The third-order valence-corrected chi connectivity index (χ3v) is 3.21. The zero-order chi connectivity index (χ0) is 13.6. The molecule has 0 radical (unpaired) electrons. The van der Waals surface area contributed by atoms with Gasteiger partial charge in [0, 0.05) is 26.7 Å². The molecule has 0 saturated carbocycles. The molecule has 2 N–H and O–H groups in total. The number of aliphatic imine (C=N–C) groups is 1. The van der Waals surface area contributed by atoms with Crippen LogP contribution in [0.2, 0.25) is 0 Å². The Hall–Kier alpha value is -1.26. The maximum absolute atomic E-state index is 11.7. The summed E-state index contributed by atoms with van der Waals surface area (Å²) in [4.78, 5) is 18.6. The van der Waals surface area contributed by atoms with Crippen molar-refractivity contribution in [3.05, 3.63) is 0 Å². The lowest BCUT2D eigenvalue weighted by atomic mass is 9.93. The van der Waals surface area contributed by atoms with Crippen molar-refractivity contribution in [3.63, 3.8) is 0 Å². The van der Waals surface area contributed by atoms with E-state index in [1.807, 2.05) is 13.8 Å². The molecule has 0 aromatic rings. The van der Waals surface area contributed by atoms with Crippen LogP contribution in [0.15, 0.2) is 4.99 Å². The molecule has 104 valence electrons. The highest BCUT2D eigenvalue weighted by atomic mass is 16.2. The Balaban J connectivity index is 2.67. The van der Waals surface area contributed by atoms with Crippen molar-refractivity contribution in [3.8, 4) is 0 Å². The maximum atomic E-state index is 11.7. The number of rotatable bonds is 4. The van der Waals surface area contributed by atoms with Crippen molar-refractivity contribution in [2.45, 2.75) is 33.6 Å². The fourth-order valence-electron chi connectivity index (χ4n) is 2.04. The minimum Gasteiger partial charge on any atom is -0.359 e. The monoisotopic (exact) mass is 254 g/mol. The molecule has 0 bridgehead atoms. The molecule has 5 heteroatoms. The van der Waals surface area contributed by atoms with Crippen molar-refractivity contribution < 1.29 is 4.79 Å². The number of amides is 1. The molecular weight excluding hydrogens is 228 g/mol. The molecule has 0 aliphatic carbocycles. The average Bonchev–Trinajstić information content (AvgIpc) is 2.87. The number of nitrogens with zero attached hydrogens (tertiary/aromatic N) is 2. The van der Waals surface area contributed by atoms with Gasteiger partial charge in [-0.3, -0.25) is 9.79 Å². The molecule has 1 saturated heterocycles. The van der Waals surface area contributed by atoms with Crippen LogP contribution in [0.25, 0.3) is 0 Å². The topological polar surface area (TPSA) is 56.7 Å². The van der Waals surface area contributed by atoms with E-state index in [0.717, 1.165) is 25.6 Å². The van der Waals surface area contributed by atoms with Gasteiger partial charge in [0.1, 0.15) is 0 Å². The van der Waals surface area contributed by atoms with Crippen LogP contribution < -0.4 is 10.6 Å². The molecule has 1 rings (SSSR count). The molecule has 18 heavy (non-hydrogen) atoms. The quantitative estimate of drug-likeness (QED) is 0.577. The van der Waals surface area contributed by atoms with Gasteiger partial charge in [-0.1, -0.05) is 0 Å². The van der Waals surface area contributed by atoms with Crippen LogP contribution in [0.3, 0.4) is 0 Å². The van der Waals surface area contributed by atoms with Crippen molar-refractivity contribution in [1.82, 2.24) is 15.5 Å². The summed E-state index contributed by atoms with van der Waals surface area (Å²) in [5, 5.41) is 5.99. The predicted molar refractivity (Wildman–Crippen MR) is 74.6 cm³/mol. The van der Waals surface area contributed by atoms with Gasteiger partial charge in [-0.2, -0.15) is 0 Å². The first-order chi connectivity index (χ1) is 8.51. The summed E-state index contributed by atoms with van der Waals surface area (Å²) in [6.07, 6.45) is 2.45. The van der Waals surface area contributed by atoms with Crippen LogP contribution >= 0.6 is 0 Å². The molecule has 0 aromatic carbocycles. The zero-order valence-electron chi connectivity index (χ0n) is 12.0. The highest BCUT2D eigenvalue weighted by Crippen LogP contribution is 2.16. The minimum atomic E-state index is -0.463. The second kappa shape index (κ2) is 6.61. The van der Waals surface area contributed by atoms with Gasteiger partial charge in [0.15, 0.2) is 5.96 Å². The Bertz CT molecular complexity index is 306. The van der Waals surface area contributed by atoms with E-state index in [0.29, 0.717) is 6.54 Å². The van der Waals surface area contributed by atoms with E-state index < -0.39 is 5.41 Å². The van der Waals surface area contributed by atoms with Crippen LogP contribution in [-0.4, -0.2) is 50.0 Å². The molecule has 1 fully saturated rings. The highest BCUT2D eigenvalue weighted by molar-refractivity contribution is 5.83. The van der Waals surface area contributed by atoms with Crippen LogP contribution in [0, 0.1) is 5.41 Å². The van der Waals surface area contributed by atoms with Crippen molar-refractivity contribution in [2.75, 3.05) is 33.2 Å². The SMILES string of the molecule is CCNC(=NCC(C)(C)C(=O)NC)N1CCCC1. The van der Waals surface area contributed by atoms with Crippen LogP contribution in [0.4, 0.5) is 0 Å². The molecule has 1 aliphatic heterocycles. The van der Waals surface area contributed by atoms with E-state index in [1.54, 1.807) is 7.05 Å². The second-order valence-electron chi connectivity index (χ2n) is 5.33. The number of nitrogens with one attached hydrogen (secondary N) is 2. The summed E-state index contributed by atoms with van der Waals surface area (Å²) in [6, 6.07) is 0. The Morgan fingerprint density at radius 2 is 1.94 bits per heavy atom. The first-order valence-corrected chi connectivity index (χ1v) is 6.76. The van der Waals surface area contributed by atoms with Crippen molar-refractivity contribution in [2.24, 2.45) is 10.4 Å². The smallest absolute Gasteiger partial charge is 0.227 e. The van der Waals surface area contributed by atoms with Crippen molar-refractivity contribution in [1.29, 1.82) is 0 Å². The fraction of sp³-hybridized carbons (Fsp3) is 0.846. The number of hydrogen-bond donors (Lipinski definition) is 2. The lowest BCUT2D eigenvalue weighted by molar-refractivity contribution is -0.128. The molecule has 0 aromatic heterocycles. The average molecular weight is 254 g/mol. The lowest BCUT2D eigenvalue weighted by Gasteiger charge is -2.24. The van der Waals surface area contributed by atoms with Gasteiger partial charge in [0.05, 0.1) is 12.0 Å². The van der Waals surface area contributed by atoms with Gasteiger partial charge >= 0.3 is 0 Å². The maximum Gasteiger partial charge on any atom is 0.227 e. The van der Waals surface area contributed by atoms with E-state index in [-0.39, 0.29) is 5.91 Å². The molecule has 1 amide bonds. The molecule has 1 heterocycles. The number of guanidine groups is 1. The van der Waals surface area contributed by atoms with Crippen molar-refractivity contribution >= 4 is 11.9 Å². The summed E-state index contributed by atoms with van der Waals surface area (Å²) >= 11 is 0. The van der Waals surface area contributed by atoms with Gasteiger partial charge in [-0.05, 0) is 33.6 Å². The van der Waals surface area contributed by atoms with Gasteiger partial charge < -0.3 is 15.5 Å². The fourth-order valence-corrected chi connectivity index (χ4v) is 2.04. The van der Waals surface area contributed by atoms with E-state index in [2.05, 4.69) is 27.4 Å². The van der Waals surface area contributed by atoms with Crippen LogP contribution in [0.5, 0.6) is 0 Å². The Labute approximate surface area is 110 Å². The summed E-state index contributed by atoms with van der Waals surface area (Å²) in [6.45, 7) is 9.39. The summed E-state index contributed by atoms with van der Waals surface area (Å²) < 4.78 is 0. The first kappa shape index (κ1) is 14.8. The summed E-state index contributed by atoms with van der Waals surface area (Å²) in [5.74, 6) is 0.968. The van der Waals surface area contributed by atoms with E-state index in [9.17, 15) is 4.79 Å². The minimum absolute atomic E-state index is 0.0310. The number of likely N-dealkylation sites (tertiary alicyclic amines) is 1. The third-order valence-electron chi connectivity index (χ3n) is 3.21. The molecular formula is C13H26N4O. The molecule has 0 unspecified atom stereocenters. The van der Waals surface area contributed by atoms with Crippen LogP contribution in [-0.2, 0) is 4.79 Å². The summed E-state index contributed by atoms with van der Waals surface area (Å²) in [7, 11) is 1.67. The van der Waals surface area contributed by atoms with Crippen LogP contribution in [0.1, 0.15) is 33.6 Å². The normalized spacial score (nSPS) is 16.9. The number of carbonyl (C=O) groups excluding carboxylic acids is 1. The Kier molecular flexibility index (Phi) is 5.44. The first-order valence-electron chi connectivity index (χ1n) is 6.76. The standard InChI is InChI=1S/C13H26N4O/c1-5-15-12(17-8-6-7-9-17)16-10-13(2,3)11(18)14-4/h5-10H2,1-4H3,(H,14,18)(H,15,16). The second-order valence-corrected chi connectivity index (χ2v) is 5.33. The molecule has 0 atom stereocenters. The molecule has 1 aliphatic rings. The highest BCUT2D eigenvalue weighted by Gasteiger charge is 2.27. The summed E-state index contributed by atoms with van der Waals surface area (Å²) in [5.41, 5.74) is -0.463. The Morgan fingerprint density at radius 3 is 2.44 bits per heavy atom. The zero-order valence-corrected chi connectivity index (χ0v) is 12.0. The molecule has 5 nitrogen and oxygen atoms in total. The number of carbonyl (C=O) groups is 1. The van der Waals surface area contributed by atoms with Gasteiger partial charge in [-0.15, -0.1) is 0 Å². The van der Waals surface area contributed by atoms with Gasteiger partial charge in [-0.25, -0.2) is 0 Å². The van der Waals surface area contributed by atoms with Gasteiger partial charge in [0.2, 0.25) is 5.91 Å². The Morgan fingerprint density at radius 1 is 1.33 bits per heavy atom. The van der Waals surface area contributed by atoms with E-state index in [1.165, 1.54) is 12.8 Å². The lowest BCUT2D eigenvalue weighted by Crippen LogP contribution is -2.42. The third kappa shape index (κ3) is 3.89. The van der Waals surface area contributed by atoms with Gasteiger partial charge in [0.25, 0.3) is 0 Å². The predicted octanol–water partition coefficient (Wildman–Crippen LogP) is 0.820. The van der Waals surface area contributed by atoms with E-state index in [4.69, 9.17) is 0 Å². The van der Waals surface area contributed by atoms with E-state index >= 15 is 0 Å². The molecule has 0 spiro atoms. The largest absolute Gasteiger partial charge is 0.359 e. The number of hydrogen-bond acceptors (Lipinski definition) is 2.